The van der Waals surface area contributed by atoms with Gasteiger partial charge in [0.2, 0.25) is 5.91 Å². The Balaban J connectivity index is 1.81. The zero-order valence-corrected chi connectivity index (χ0v) is 16.5. The first-order valence-corrected chi connectivity index (χ1v) is 9.13. The van der Waals surface area contributed by atoms with E-state index >= 15 is 0 Å². The van der Waals surface area contributed by atoms with E-state index in [1.807, 2.05) is 13.0 Å². The van der Waals surface area contributed by atoms with Gasteiger partial charge in [-0.15, -0.1) is 0 Å². The molecule has 29 heavy (non-hydrogen) atoms. The Morgan fingerprint density at radius 3 is 2.59 bits per heavy atom. The van der Waals surface area contributed by atoms with Crippen LogP contribution in [0.25, 0.3) is 0 Å². The van der Waals surface area contributed by atoms with E-state index in [0.29, 0.717) is 22.6 Å². The number of urea groups is 1. The van der Waals surface area contributed by atoms with Crippen LogP contribution in [-0.4, -0.2) is 43.5 Å². The number of hydrogen-bond acceptors (Lipinski definition) is 5. The van der Waals surface area contributed by atoms with Crippen molar-refractivity contribution in [2.45, 2.75) is 19.5 Å². The van der Waals surface area contributed by atoms with Crippen LogP contribution in [0, 0.1) is 0 Å². The number of ether oxygens (including phenoxy) is 2. The molecule has 8 heteroatoms. The van der Waals surface area contributed by atoms with Crippen LogP contribution >= 0.6 is 0 Å². The molecular formula is C21H23N3O5. The van der Waals surface area contributed by atoms with Crippen molar-refractivity contribution < 1.29 is 23.9 Å². The number of hydrogen-bond donors (Lipinski definition) is 2. The monoisotopic (exact) mass is 397 g/mol. The molecule has 2 aromatic carbocycles. The summed E-state index contributed by atoms with van der Waals surface area (Å²) in [5.74, 6) is 0.650. The summed E-state index contributed by atoms with van der Waals surface area (Å²) in [6, 6.07) is 11.4. The van der Waals surface area contributed by atoms with Gasteiger partial charge in [0.15, 0.2) is 0 Å². The number of imide groups is 1. The van der Waals surface area contributed by atoms with Gasteiger partial charge in [0, 0.05) is 11.1 Å². The van der Waals surface area contributed by atoms with Crippen molar-refractivity contribution in [1.82, 2.24) is 15.5 Å². The zero-order valence-electron chi connectivity index (χ0n) is 16.5. The standard InChI is InChI=1S/C21H23N3O5/c1-13(17-10-15(28-2)8-9-18(17)29-3)23-20(26)16-7-5-4-6-14(16)12-24-19(25)11-22-21(24)27/h4-10,13H,11-12H2,1-3H3,(H,22,27)(H,23,26). The van der Waals surface area contributed by atoms with E-state index in [9.17, 15) is 14.4 Å². The molecule has 1 saturated heterocycles. The van der Waals surface area contributed by atoms with Crippen LogP contribution in [0.3, 0.4) is 0 Å². The fraction of sp³-hybridized carbons (Fsp3) is 0.286. The third-order valence-corrected chi connectivity index (χ3v) is 4.78. The number of nitrogens with one attached hydrogen (secondary N) is 2. The van der Waals surface area contributed by atoms with Gasteiger partial charge in [-0.05, 0) is 36.8 Å². The number of benzene rings is 2. The van der Waals surface area contributed by atoms with Crippen molar-refractivity contribution in [3.05, 3.63) is 59.2 Å². The Hall–Kier alpha value is -3.55. The van der Waals surface area contributed by atoms with E-state index in [1.165, 1.54) is 0 Å². The molecule has 0 saturated carbocycles. The Morgan fingerprint density at radius 1 is 1.17 bits per heavy atom. The molecule has 0 bridgehead atoms. The molecular weight excluding hydrogens is 374 g/mol. The highest BCUT2D eigenvalue weighted by atomic mass is 16.5. The number of rotatable bonds is 7. The van der Waals surface area contributed by atoms with Crippen molar-refractivity contribution in [1.29, 1.82) is 0 Å². The van der Waals surface area contributed by atoms with Crippen LogP contribution in [0.15, 0.2) is 42.5 Å². The first-order chi connectivity index (χ1) is 13.9. The van der Waals surface area contributed by atoms with Gasteiger partial charge in [0.25, 0.3) is 5.91 Å². The maximum absolute atomic E-state index is 13.0. The number of nitrogens with zero attached hydrogens (tertiary/aromatic N) is 1. The molecule has 1 aliphatic heterocycles. The lowest BCUT2D eigenvalue weighted by Gasteiger charge is -2.20. The minimum Gasteiger partial charge on any atom is -0.497 e. The van der Waals surface area contributed by atoms with Gasteiger partial charge in [-0.3, -0.25) is 14.5 Å². The second-order valence-corrected chi connectivity index (χ2v) is 6.60. The molecule has 0 aliphatic carbocycles. The second kappa shape index (κ2) is 8.64. The average Bonchev–Trinajstić information content (AvgIpc) is 3.05. The lowest BCUT2D eigenvalue weighted by Crippen LogP contribution is -2.32. The summed E-state index contributed by atoms with van der Waals surface area (Å²) in [6.07, 6.45) is 0. The predicted molar refractivity (Wildman–Crippen MR) is 106 cm³/mol. The molecule has 8 nitrogen and oxygen atoms in total. The molecule has 4 amide bonds. The maximum atomic E-state index is 13.0. The lowest BCUT2D eigenvalue weighted by molar-refractivity contribution is -0.125. The minimum atomic E-state index is -0.459. The van der Waals surface area contributed by atoms with Gasteiger partial charge in [0.05, 0.1) is 33.4 Å². The van der Waals surface area contributed by atoms with E-state index in [4.69, 9.17) is 9.47 Å². The van der Waals surface area contributed by atoms with Crippen LogP contribution < -0.4 is 20.1 Å². The zero-order chi connectivity index (χ0) is 21.0. The molecule has 152 valence electrons. The van der Waals surface area contributed by atoms with Gasteiger partial charge < -0.3 is 20.1 Å². The summed E-state index contributed by atoms with van der Waals surface area (Å²) < 4.78 is 10.7. The number of carbonyl (C=O) groups excluding carboxylic acids is 3. The topological polar surface area (TPSA) is 97.0 Å². The largest absolute Gasteiger partial charge is 0.497 e. The summed E-state index contributed by atoms with van der Waals surface area (Å²) in [5, 5.41) is 5.42. The minimum absolute atomic E-state index is 0.0279. The highest BCUT2D eigenvalue weighted by Gasteiger charge is 2.29. The summed E-state index contributed by atoms with van der Waals surface area (Å²) in [6.45, 7) is 1.85. The second-order valence-electron chi connectivity index (χ2n) is 6.60. The van der Waals surface area contributed by atoms with Crippen molar-refractivity contribution in [3.63, 3.8) is 0 Å². The van der Waals surface area contributed by atoms with Gasteiger partial charge in [-0.1, -0.05) is 18.2 Å². The third-order valence-electron chi connectivity index (χ3n) is 4.78. The van der Waals surface area contributed by atoms with Crippen LogP contribution in [0.1, 0.15) is 34.5 Å². The molecule has 2 aromatic rings. The molecule has 0 radical (unpaired) electrons. The Morgan fingerprint density at radius 2 is 1.93 bits per heavy atom. The molecule has 1 unspecified atom stereocenters. The predicted octanol–water partition coefficient (Wildman–Crippen LogP) is 2.25. The van der Waals surface area contributed by atoms with Crippen molar-refractivity contribution in [2.75, 3.05) is 20.8 Å². The molecule has 0 aromatic heterocycles. The van der Waals surface area contributed by atoms with Gasteiger partial charge in [-0.25, -0.2) is 4.79 Å². The van der Waals surface area contributed by atoms with E-state index in [0.717, 1.165) is 10.5 Å². The number of methoxy groups -OCH3 is 2. The first kappa shape index (κ1) is 20.2. The van der Waals surface area contributed by atoms with Crippen LogP contribution in [0.2, 0.25) is 0 Å². The van der Waals surface area contributed by atoms with Crippen molar-refractivity contribution in [3.8, 4) is 11.5 Å². The van der Waals surface area contributed by atoms with Crippen LogP contribution in [0.4, 0.5) is 4.79 Å². The lowest BCUT2D eigenvalue weighted by atomic mass is 10.0. The Labute approximate surface area is 168 Å². The van der Waals surface area contributed by atoms with E-state index in [1.54, 1.807) is 50.6 Å². The number of carbonyl (C=O) groups is 3. The summed E-state index contributed by atoms with van der Waals surface area (Å²) in [4.78, 5) is 37.8. The SMILES string of the molecule is COc1ccc(OC)c(C(C)NC(=O)c2ccccc2CN2C(=O)CNC2=O)c1. The first-order valence-electron chi connectivity index (χ1n) is 9.13. The quantitative estimate of drug-likeness (QED) is 0.699. The van der Waals surface area contributed by atoms with Crippen molar-refractivity contribution in [2.24, 2.45) is 0 Å². The molecule has 3 rings (SSSR count). The van der Waals surface area contributed by atoms with Gasteiger partial charge in [-0.2, -0.15) is 0 Å². The van der Waals surface area contributed by atoms with Gasteiger partial charge >= 0.3 is 6.03 Å². The molecule has 1 atom stereocenters. The van der Waals surface area contributed by atoms with Crippen LogP contribution in [0.5, 0.6) is 11.5 Å². The summed E-state index contributed by atoms with van der Waals surface area (Å²) in [5.41, 5.74) is 1.75. The van der Waals surface area contributed by atoms with E-state index in [-0.39, 0.29) is 30.9 Å². The number of amides is 4. The van der Waals surface area contributed by atoms with E-state index in [2.05, 4.69) is 10.6 Å². The highest BCUT2D eigenvalue weighted by Crippen LogP contribution is 2.29. The summed E-state index contributed by atoms with van der Waals surface area (Å²) in [7, 11) is 3.13. The molecule has 1 aliphatic rings. The molecule has 1 heterocycles. The smallest absolute Gasteiger partial charge is 0.324 e. The molecule has 2 N–H and O–H groups in total. The highest BCUT2D eigenvalue weighted by molar-refractivity contribution is 6.02. The normalized spacial score (nSPS) is 14.4. The Bertz CT molecular complexity index is 928. The van der Waals surface area contributed by atoms with E-state index < -0.39 is 6.03 Å². The maximum Gasteiger partial charge on any atom is 0.324 e. The average molecular weight is 397 g/mol. The molecule has 0 spiro atoms. The Kier molecular flexibility index (Phi) is 6.01. The fourth-order valence-electron chi connectivity index (χ4n) is 3.20. The van der Waals surface area contributed by atoms with Crippen LogP contribution in [-0.2, 0) is 11.3 Å². The van der Waals surface area contributed by atoms with Gasteiger partial charge in [0.1, 0.15) is 11.5 Å². The van der Waals surface area contributed by atoms with Crippen molar-refractivity contribution >= 4 is 17.8 Å². The summed E-state index contributed by atoms with van der Waals surface area (Å²) >= 11 is 0. The fourth-order valence-corrected chi connectivity index (χ4v) is 3.20. The molecule has 1 fully saturated rings. The third kappa shape index (κ3) is 4.31.